The number of aliphatic hydroxyl groups excluding tert-OH is 4. The van der Waals surface area contributed by atoms with Gasteiger partial charge in [-0.1, -0.05) is 0 Å². The topological polar surface area (TPSA) is 93.0 Å². The van der Waals surface area contributed by atoms with Crippen LogP contribution in [-0.2, 0) is 0 Å². The van der Waals surface area contributed by atoms with Gasteiger partial charge in [-0.25, -0.2) is 0 Å². The molecule has 0 aliphatic carbocycles. The van der Waals surface area contributed by atoms with Gasteiger partial charge in [0.25, 0.3) is 0 Å². The van der Waals surface area contributed by atoms with E-state index < -0.39 is 23.9 Å². The largest absolute Gasteiger partial charge is 0.394 e. The molecule has 0 amide bonds. The summed E-state index contributed by atoms with van der Waals surface area (Å²) in [6, 6.07) is 0. The predicted octanol–water partition coefficient (Wildman–Crippen LogP) is -2.15. The van der Waals surface area contributed by atoms with E-state index in [0.29, 0.717) is 0 Å². The Balaban J connectivity index is 0.00000144. The molecule has 13 heavy (non-hydrogen) atoms. The smallest absolute Gasteiger partial charge is 0.109 e. The van der Waals surface area contributed by atoms with Crippen molar-refractivity contribution in [1.82, 2.24) is 5.32 Å². The Morgan fingerprint density at radius 2 is 1.92 bits per heavy atom. The number of β-amino-alcohol motifs (C(OH)–C–C–N with tert-alkyl or cyclic N) is 1. The lowest BCUT2D eigenvalue weighted by Gasteiger charge is -2.43. The number of nitrogens with one attached hydrogen (secondary N) is 1. The van der Waals surface area contributed by atoms with Gasteiger partial charge in [0.1, 0.15) is 12.2 Å². The van der Waals surface area contributed by atoms with Crippen LogP contribution in [0.5, 0.6) is 0 Å². The van der Waals surface area contributed by atoms with Crippen molar-refractivity contribution in [3.05, 3.63) is 0 Å². The van der Waals surface area contributed by atoms with E-state index in [9.17, 15) is 10.2 Å². The minimum atomic E-state index is -1.19. The van der Waals surface area contributed by atoms with Crippen molar-refractivity contribution in [2.24, 2.45) is 0 Å². The summed E-state index contributed by atoms with van der Waals surface area (Å²) < 4.78 is 0. The Morgan fingerprint density at radius 3 is 2.38 bits per heavy atom. The molecular weight excluding hydrogens is 198 g/mol. The highest BCUT2D eigenvalue weighted by Gasteiger charge is 2.44. The molecule has 5 nitrogen and oxygen atoms in total. The Hall–Kier alpha value is 0.0900. The summed E-state index contributed by atoms with van der Waals surface area (Å²) in [7, 11) is 0. The molecule has 6 heteroatoms. The third-order valence-electron chi connectivity index (χ3n) is 2.41. The molecule has 0 aromatic heterocycles. The molecule has 1 heterocycles. The van der Waals surface area contributed by atoms with Gasteiger partial charge in [-0.15, -0.1) is 12.4 Å². The standard InChI is InChI=1S/C7H15NO4.ClH/c1-7(3-9)6(12)5(11)4(10)2-8-7;/h4-6,8-12H,2-3H2,1H3;1H/t4-,5+,6-,7+;/m0./s1. The summed E-state index contributed by atoms with van der Waals surface area (Å²) >= 11 is 0. The fourth-order valence-electron chi connectivity index (χ4n) is 1.30. The van der Waals surface area contributed by atoms with Gasteiger partial charge in [0, 0.05) is 6.54 Å². The van der Waals surface area contributed by atoms with Gasteiger partial charge in [-0.2, -0.15) is 0 Å². The lowest BCUT2D eigenvalue weighted by atomic mass is 9.85. The van der Waals surface area contributed by atoms with Gasteiger partial charge in [0.05, 0.1) is 18.2 Å². The SMILES string of the molecule is C[C@]1(CO)NC[C@H](O)[C@@H](O)[C@@H]1O.Cl. The summed E-state index contributed by atoms with van der Waals surface area (Å²) in [5.74, 6) is 0. The third kappa shape index (κ3) is 2.31. The summed E-state index contributed by atoms with van der Waals surface area (Å²) in [4.78, 5) is 0. The molecule has 0 bridgehead atoms. The maximum absolute atomic E-state index is 9.43. The van der Waals surface area contributed by atoms with Crippen molar-refractivity contribution < 1.29 is 20.4 Å². The van der Waals surface area contributed by atoms with Crippen LogP contribution in [0.1, 0.15) is 6.92 Å². The summed E-state index contributed by atoms with van der Waals surface area (Å²) in [5, 5.41) is 39.5. The zero-order chi connectivity index (χ0) is 9.35. The molecule has 1 fully saturated rings. The van der Waals surface area contributed by atoms with Crippen LogP contribution in [-0.4, -0.2) is 57.4 Å². The average molecular weight is 214 g/mol. The second-order valence-electron chi connectivity index (χ2n) is 3.46. The first-order valence-corrected chi connectivity index (χ1v) is 3.91. The van der Waals surface area contributed by atoms with Crippen molar-refractivity contribution in [1.29, 1.82) is 0 Å². The first-order chi connectivity index (χ1) is 5.51. The monoisotopic (exact) mass is 213 g/mol. The van der Waals surface area contributed by atoms with Gasteiger partial charge in [0.15, 0.2) is 0 Å². The van der Waals surface area contributed by atoms with E-state index in [-0.39, 0.29) is 25.6 Å². The first kappa shape index (κ1) is 13.1. The van der Waals surface area contributed by atoms with Crippen LogP contribution < -0.4 is 5.32 Å². The number of piperidine rings is 1. The fraction of sp³-hybridized carbons (Fsp3) is 1.00. The second-order valence-corrected chi connectivity index (χ2v) is 3.46. The highest BCUT2D eigenvalue weighted by molar-refractivity contribution is 5.85. The molecule has 1 aliphatic rings. The van der Waals surface area contributed by atoms with E-state index in [2.05, 4.69) is 5.32 Å². The number of hydrogen-bond donors (Lipinski definition) is 5. The van der Waals surface area contributed by atoms with Gasteiger partial charge >= 0.3 is 0 Å². The molecule has 0 aromatic rings. The Labute approximate surface area is 82.8 Å². The lowest BCUT2D eigenvalue weighted by Crippen LogP contribution is -2.68. The molecule has 1 aliphatic heterocycles. The Morgan fingerprint density at radius 1 is 1.38 bits per heavy atom. The zero-order valence-electron chi connectivity index (χ0n) is 7.34. The number of halogens is 1. The van der Waals surface area contributed by atoms with E-state index in [4.69, 9.17) is 10.2 Å². The molecule has 0 spiro atoms. The maximum Gasteiger partial charge on any atom is 0.109 e. The molecule has 80 valence electrons. The van der Waals surface area contributed by atoms with Crippen LogP contribution in [0.3, 0.4) is 0 Å². The molecule has 1 rings (SSSR count). The molecular formula is C7H16ClNO4. The van der Waals surface area contributed by atoms with Crippen molar-refractivity contribution >= 4 is 12.4 Å². The molecule has 0 radical (unpaired) electrons. The minimum Gasteiger partial charge on any atom is -0.394 e. The Kier molecular flexibility index (Phi) is 4.58. The van der Waals surface area contributed by atoms with E-state index in [0.717, 1.165) is 0 Å². The van der Waals surface area contributed by atoms with Crippen LogP contribution in [0.15, 0.2) is 0 Å². The second kappa shape index (κ2) is 4.54. The van der Waals surface area contributed by atoms with Crippen molar-refractivity contribution in [3.8, 4) is 0 Å². The minimum absolute atomic E-state index is 0. The summed E-state index contributed by atoms with van der Waals surface area (Å²) in [6.45, 7) is 1.49. The van der Waals surface area contributed by atoms with Crippen LogP contribution in [0.25, 0.3) is 0 Å². The van der Waals surface area contributed by atoms with E-state index in [1.54, 1.807) is 6.92 Å². The molecule has 4 atom stereocenters. The number of hydrogen-bond acceptors (Lipinski definition) is 5. The van der Waals surface area contributed by atoms with Crippen molar-refractivity contribution in [3.63, 3.8) is 0 Å². The van der Waals surface area contributed by atoms with Crippen LogP contribution in [0.2, 0.25) is 0 Å². The van der Waals surface area contributed by atoms with E-state index in [1.165, 1.54) is 0 Å². The van der Waals surface area contributed by atoms with E-state index >= 15 is 0 Å². The zero-order valence-corrected chi connectivity index (χ0v) is 8.16. The summed E-state index contributed by atoms with van der Waals surface area (Å²) in [6.07, 6.45) is -3.31. The maximum atomic E-state index is 9.43. The van der Waals surface area contributed by atoms with Gasteiger partial charge in [-0.3, -0.25) is 0 Å². The van der Waals surface area contributed by atoms with Crippen LogP contribution in [0.4, 0.5) is 0 Å². The first-order valence-electron chi connectivity index (χ1n) is 3.91. The molecule has 1 saturated heterocycles. The lowest BCUT2D eigenvalue weighted by molar-refractivity contribution is -0.128. The van der Waals surface area contributed by atoms with Gasteiger partial charge < -0.3 is 25.7 Å². The van der Waals surface area contributed by atoms with Crippen molar-refractivity contribution in [2.75, 3.05) is 13.2 Å². The normalized spacial score (nSPS) is 45.5. The van der Waals surface area contributed by atoms with Crippen LogP contribution >= 0.6 is 12.4 Å². The molecule has 0 unspecified atom stereocenters. The Bertz CT molecular complexity index is 171. The fourth-order valence-corrected chi connectivity index (χ4v) is 1.30. The quantitative estimate of drug-likeness (QED) is 0.342. The average Bonchev–Trinajstić information content (AvgIpc) is 2.09. The van der Waals surface area contributed by atoms with Gasteiger partial charge in [0.2, 0.25) is 0 Å². The molecule has 0 aromatic carbocycles. The van der Waals surface area contributed by atoms with Crippen LogP contribution in [0, 0.1) is 0 Å². The highest BCUT2D eigenvalue weighted by Crippen LogP contribution is 2.19. The highest BCUT2D eigenvalue weighted by atomic mass is 35.5. The number of rotatable bonds is 1. The van der Waals surface area contributed by atoms with E-state index in [1.807, 2.05) is 0 Å². The van der Waals surface area contributed by atoms with Crippen molar-refractivity contribution in [2.45, 2.75) is 30.8 Å². The summed E-state index contributed by atoms with van der Waals surface area (Å²) in [5.41, 5.74) is -0.918. The molecule has 5 N–H and O–H groups in total. The number of aliphatic hydroxyl groups is 4. The molecule has 0 saturated carbocycles. The predicted molar refractivity (Wildman–Crippen MR) is 48.8 cm³/mol. The van der Waals surface area contributed by atoms with Gasteiger partial charge in [-0.05, 0) is 6.92 Å². The third-order valence-corrected chi connectivity index (χ3v) is 2.41.